The van der Waals surface area contributed by atoms with Gasteiger partial charge in [0, 0.05) is 56.1 Å². The number of ketones is 6. The van der Waals surface area contributed by atoms with Crippen LogP contribution in [0, 0.1) is 79.8 Å². The summed E-state index contributed by atoms with van der Waals surface area (Å²) < 4.78 is 30.6. The number of hydrogen-bond donors (Lipinski definition) is 5. The van der Waals surface area contributed by atoms with Crippen molar-refractivity contribution in [3.63, 3.8) is 0 Å². The third-order valence-corrected chi connectivity index (χ3v) is 35.7. The molecule has 0 radical (unpaired) electrons. The van der Waals surface area contributed by atoms with E-state index in [1.54, 1.807) is 42.8 Å². The number of carbonyl (C=O) groups is 6. The quantitative estimate of drug-likeness (QED) is 0.0500. The molecule has 14 unspecified atom stereocenters. The van der Waals surface area contributed by atoms with Crippen LogP contribution in [0.5, 0.6) is 0 Å². The van der Waals surface area contributed by atoms with E-state index in [0.29, 0.717) is 48.6 Å². The monoisotopic (exact) mass is 1650 g/mol. The Labute approximate surface area is 694 Å². The highest BCUT2D eigenvalue weighted by Gasteiger charge is 2.79. The number of carbonyl (C=O) groups excluding carboxylic acids is 6. The summed E-state index contributed by atoms with van der Waals surface area (Å²) in [7, 11) is 0. The van der Waals surface area contributed by atoms with Gasteiger partial charge in [0.15, 0.2) is 46.6 Å². The third kappa shape index (κ3) is 12.2. The van der Waals surface area contributed by atoms with Gasteiger partial charge in [0.05, 0.1) is 91.6 Å². The molecule has 24 atom stereocenters. The number of aromatic nitrogens is 5. The average molecular weight is 1650 g/mol. The van der Waals surface area contributed by atoms with Crippen LogP contribution in [0.4, 0.5) is 4.39 Å². The zero-order valence-electron chi connectivity index (χ0n) is 67.1. The van der Waals surface area contributed by atoms with Gasteiger partial charge in [0.1, 0.15) is 26.9 Å². The number of Topliss-reactive ketones (excluding diaryl/α,β-unsaturated/α-hetero) is 3. The number of pyridine rings is 1. The Morgan fingerprint density at radius 1 is 0.578 bits per heavy atom. The molecule has 5 N–H and O–H groups in total. The molecule has 612 valence electrons. The van der Waals surface area contributed by atoms with Gasteiger partial charge in [-0.25, -0.2) is 19.3 Å². The second-order valence-electron chi connectivity index (χ2n) is 37.2. The molecular formula is C93H105ClFN5O13S3. The lowest BCUT2D eigenvalue weighted by atomic mass is 9.44. The summed E-state index contributed by atoms with van der Waals surface area (Å²) in [4.78, 5) is 100. The molecule has 6 aromatic rings. The molecule has 13 aliphatic rings. The van der Waals surface area contributed by atoms with E-state index in [1.807, 2.05) is 132 Å². The Hall–Kier alpha value is -6.54. The van der Waals surface area contributed by atoms with Crippen LogP contribution in [-0.4, -0.2) is 160 Å². The van der Waals surface area contributed by atoms with E-state index in [1.165, 1.54) is 35.3 Å². The van der Waals surface area contributed by atoms with Crippen molar-refractivity contribution < 1.29 is 68.2 Å². The van der Waals surface area contributed by atoms with Crippen molar-refractivity contribution in [1.29, 1.82) is 0 Å². The van der Waals surface area contributed by atoms with Crippen molar-refractivity contribution in [3.8, 4) is 0 Å². The predicted molar refractivity (Wildman–Crippen MR) is 445 cm³/mol. The number of alkyl halides is 2. The number of fused-ring (bicyclic) bond motifs is 20. The summed E-state index contributed by atoms with van der Waals surface area (Å²) in [6.45, 7) is 16.1. The van der Waals surface area contributed by atoms with Crippen LogP contribution in [0.25, 0.3) is 33.0 Å². The van der Waals surface area contributed by atoms with Gasteiger partial charge in [0.25, 0.3) is 0 Å². The van der Waals surface area contributed by atoms with E-state index in [4.69, 9.17) is 26.1 Å². The molecule has 0 spiro atoms. The fourth-order valence-electron chi connectivity index (χ4n) is 26.1. The highest BCUT2D eigenvalue weighted by molar-refractivity contribution is 8.00. The second kappa shape index (κ2) is 29.7. The number of halogens is 2. The number of aliphatic hydroxyl groups is 5. The number of hydrogen-bond acceptors (Lipinski definition) is 21. The lowest BCUT2D eigenvalue weighted by Crippen LogP contribution is -2.69. The molecule has 19 rings (SSSR count). The van der Waals surface area contributed by atoms with E-state index in [-0.39, 0.29) is 131 Å². The minimum Gasteiger partial charge on any atom is -0.393 e. The molecule has 0 bridgehead atoms. The van der Waals surface area contributed by atoms with Gasteiger partial charge in [-0.2, -0.15) is 0 Å². The van der Waals surface area contributed by atoms with Crippen molar-refractivity contribution >= 4 is 115 Å². The fourth-order valence-corrected chi connectivity index (χ4v) is 29.0. The van der Waals surface area contributed by atoms with Gasteiger partial charge < -0.3 is 35.0 Å². The van der Waals surface area contributed by atoms with Gasteiger partial charge in [-0.05, 0) is 199 Å². The van der Waals surface area contributed by atoms with Crippen molar-refractivity contribution in [2.24, 2.45) is 79.8 Å². The fraction of sp³-hybridized carbons (Fsp3) is 0.559. The molecule has 12 aliphatic carbocycles. The molecule has 116 heavy (non-hydrogen) atoms. The van der Waals surface area contributed by atoms with E-state index in [0.717, 1.165) is 99.7 Å². The normalized spacial score (nSPS) is 41.3. The summed E-state index contributed by atoms with van der Waals surface area (Å²) in [5.41, 5.74) is -3.52. The Morgan fingerprint density at radius 2 is 1.16 bits per heavy atom. The Bertz CT molecular complexity index is 5220. The maximum absolute atomic E-state index is 17.2. The average Bonchev–Trinajstić information content (AvgIpc) is 1.33. The summed E-state index contributed by atoms with van der Waals surface area (Å²) in [5, 5.41) is 62.3. The van der Waals surface area contributed by atoms with Crippen molar-refractivity contribution in [2.45, 2.75) is 238 Å². The molecule has 0 amide bonds. The van der Waals surface area contributed by atoms with Gasteiger partial charge in [-0.3, -0.25) is 38.7 Å². The summed E-state index contributed by atoms with van der Waals surface area (Å²) >= 11 is 11.5. The largest absolute Gasteiger partial charge is 0.393 e. The van der Waals surface area contributed by atoms with E-state index < -0.39 is 84.9 Å². The highest BCUT2D eigenvalue weighted by atomic mass is 35.5. The van der Waals surface area contributed by atoms with Crippen LogP contribution in [0.2, 0.25) is 0 Å². The van der Waals surface area contributed by atoms with Crippen LogP contribution >= 0.6 is 46.9 Å². The molecule has 10 fully saturated rings. The number of thioether (sulfide) groups is 3. The number of para-hydroxylation sites is 5. The Morgan fingerprint density at radius 3 is 1.85 bits per heavy atom. The van der Waals surface area contributed by atoms with Gasteiger partial charge in [0.2, 0.25) is 0 Å². The minimum absolute atomic E-state index is 0.00964. The van der Waals surface area contributed by atoms with E-state index in [2.05, 4.69) is 40.7 Å². The van der Waals surface area contributed by atoms with E-state index >= 15 is 4.39 Å². The van der Waals surface area contributed by atoms with Crippen molar-refractivity contribution in [2.75, 3.05) is 17.3 Å². The lowest BCUT2D eigenvalue weighted by Gasteiger charge is -2.63. The second-order valence-corrected chi connectivity index (χ2v) is 40.8. The van der Waals surface area contributed by atoms with Crippen LogP contribution in [0.1, 0.15) is 165 Å². The smallest absolute Gasteiger partial charge is 0.178 e. The first-order valence-corrected chi connectivity index (χ1v) is 45.1. The summed E-state index contributed by atoms with van der Waals surface area (Å²) in [6, 6.07) is 27.0. The number of nitrogens with zero attached hydrogens (tertiary/aromatic N) is 5. The molecule has 4 heterocycles. The molecular weight excluding hydrogens is 1550 g/mol. The van der Waals surface area contributed by atoms with Crippen LogP contribution in [0.15, 0.2) is 172 Å². The molecule has 18 nitrogen and oxygen atoms in total. The zero-order valence-corrected chi connectivity index (χ0v) is 70.4. The maximum atomic E-state index is 17.2. The number of benzene rings is 3. The van der Waals surface area contributed by atoms with Gasteiger partial charge in [-0.1, -0.05) is 174 Å². The lowest BCUT2D eigenvalue weighted by molar-refractivity contribution is -0.225. The molecule has 1 saturated heterocycles. The van der Waals surface area contributed by atoms with E-state index in [9.17, 15) is 54.3 Å². The van der Waals surface area contributed by atoms with Crippen LogP contribution in [-0.2, 0) is 38.2 Å². The summed E-state index contributed by atoms with van der Waals surface area (Å²) in [6.07, 6.45) is 21.4. The number of rotatable bonds is 14. The number of allylic oxidation sites excluding steroid dienone is 9. The topological polar surface area (TPSA) is 286 Å². The zero-order chi connectivity index (χ0) is 81.9. The maximum Gasteiger partial charge on any atom is 0.178 e. The van der Waals surface area contributed by atoms with Crippen LogP contribution < -0.4 is 0 Å². The first-order chi connectivity index (χ1) is 55.2. The number of aliphatic hydroxyl groups excluding tert-OH is 3. The standard InChI is InChI=1S/C33H38N2O5S.C31H34ClNO4S.C29H33FN2O4S/c1-4-7-29-39-27-15-22-21-11-10-19-14-20(36)12-13-31(19,2)30(21)25(37)16-32(22,3)33(27,40-29)26(38)18-41-28-17-34-23-8-5-6-9-24(23)35-28;1-18-14-23-22-10-9-20-15-21(34)12-13-28(20,2)30(22,32)25(35)16-29(23,3)31(18,37)26(36)17-38-27-11-8-19-6-4-5-7-24(19)33-27;1-26-11-9-18(33)13-17(26)7-8-20-19-10-12-28(36,27(19,2)14-23(34)29(20,26)30)24(35)16-37-25-15-31-21-5-3-4-6-22(21)32-25/h5-6,8-9,12-14,17,21-22,25,27,29-30,37H,4,7,10-11,15-16,18H2,1-3H3;4-8,11-13,15,18,22-23,25,35,37H,9-10,14,16-17H2,1-3H3;3-6,13,15,19-20,23,34,36H,7-12,14,16H2,1-2H3/t21?,22?,25-,27+,29?,30?,31?,32?,33+;18-,22?,23?,25+,28?,29?,30+,31+;19?,20?,23-,26?,27?,28-,29-/m010/s1. The van der Waals surface area contributed by atoms with Gasteiger partial charge in [-0.15, -0.1) is 11.6 Å². The Kier molecular flexibility index (Phi) is 20.9. The first kappa shape index (κ1) is 81.8. The predicted octanol–water partition coefficient (Wildman–Crippen LogP) is 15.6. The Balaban J connectivity index is 0.000000125. The van der Waals surface area contributed by atoms with Crippen molar-refractivity contribution in [3.05, 3.63) is 157 Å². The molecule has 23 heteroatoms. The third-order valence-electron chi connectivity index (χ3n) is 32.0. The minimum atomic E-state index is -1.88. The van der Waals surface area contributed by atoms with Crippen LogP contribution in [0.3, 0.4) is 0 Å². The summed E-state index contributed by atoms with van der Waals surface area (Å²) in [5.74, 6) is -0.881. The molecule has 1 aliphatic heterocycles. The van der Waals surface area contributed by atoms with Gasteiger partial charge >= 0.3 is 0 Å². The SMILES string of the molecule is CC12C[C@H](O)[C@@]3(F)C(CCC4=CC(=O)CCC43C)C1CC[C@]2(O)C(=O)CSc1cnc2ccccc2n1.CCCC1O[C@@H]2CC3C4CCC5=CC(=O)C=CC5(C)C4[C@@H](O)CC3(C)[C@]2(C(=O)CSc2cnc3ccccc3n2)O1.C[C@@H]1CC2C3CCC4=CC(=O)C=CC4(C)[C@@]3(Cl)[C@@H](O)CC2(C)[C@@]1(O)C(=O)CSc1ccc2ccccc2n1. The molecule has 3 aromatic heterocycles. The van der Waals surface area contributed by atoms with Crippen molar-refractivity contribution in [1.82, 2.24) is 24.9 Å². The number of ether oxygens (including phenoxy) is 2. The first-order valence-electron chi connectivity index (χ1n) is 41.8. The molecule has 3 aromatic carbocycles. The molecule has 9 saturated carbocycles. The highest BCUT2D eigenvalue weighted by Crippen LogP contribution is 2.75.